The molecule has 0 saturated heterocycles. The highest BCUT2D eigenvalue weighted by atomic mass is 35.5. The fraction of sp³-hybridized carbons (Fsp3) is 0.296. The summed E-state index contributed by atoms with van der Waals surface area (Å²) in [7, 11) is 0. The van der Waals surface area contributed by atoms with Gasteiger partial charge in [0.05, 0.1) is 21.3 Å². The molecule has 37 heavy (non-hydrogen) atoms. The van der Waals surface area contributed by atoms with Crippen LogP contribution in [0, 0.1) is 5.41 Å². The number of hydrogen-bond acceptors (Lipinski definition) is 4. The average molecular weight is 561 g/mol. The van der Waals surface area contributed by atoms with Gasteiger partial charge in [0.25, 0.3) is 5.91 Å². The van der Waals surface area contributed by atoms with Crippen LogP contribution >= 0.6 is 34.5 Å². The van der Waals surface area contributed by atoms with E-state index < -0.39 is 29.4 Å². The summed E-state index contributed by atoms with van der Waals surface area (Å²) in [5, 5.41) is 18.9. The number of carboxylic acid groups (broad SMARTS) is 1. The lowest BCUT2D eigenvalue weighted by atomic mass is 9.70. The Hall–Kier alpha value is -3.07. The maximum atomic E-state index is 13.5. The molecule has 1 atom stereocenters. The molecule has 0 spiro atoms. The number of para-hydroxylation sites is 1. The van der Waals surface area contributed by atoms with Crippen molar-refractivity contribution in [2.45, 2.75) is 45.1 Å². The zero-order valence-corrected chi connectivity index (χ0v) is 22.5. The van der Waals surface area contributed by atoms with Gasteiger partial charge in [-0.25, -0.2) is 9.59 Å². The Labute approximate surface area is 229 Å². The summed E-state index contributed by atoms with van der Waals surface area (Å²) in [5.41, 5.74) is 0.725. The third-order valence-electron chi connectivity index (χ3n) is 6.68. The lowest BCUT2D eigenvalue weighted by Gasteiger charge is -2.38. The van der Waals surface area contributed by atoms with Gasteiger partial charge in [0.2, 0.25) is 0 Å². The van der Waals surface area contributed by atoms with Crippen molar-refractivity contribution >= 4 is 63.1 Å². The third-order valence-corrected chi connectivity index (χ3v) is 8.41. The average Bonchev–Trinajstić information content (AvgIpc) is 3.29. The Bertz CT molecular complexity index is 1290. The fourth-order valence-corrected chi connectivity index (χ4v) is 6.20. The molecule has 4 N–H and O–H groups in total. The summed E-state index contributed by atoms with van der Waals surface area (Å²) in [6.07, 6.45) is 4.33. The van der Waals surface area contributed by atoms with E-state index in [1.807, 2.05) is 37.3 Å². The van der Waals surface area contributed by atoms with Gasteiger partial charge in [0.1, 0.15) is 11.0 Å². The summed E-state index contributed by atoms with van der Waals surface area (Å²) in [6, 6.07) is 14.2. The molecule has 2 aromatic carbocycles. The molecule has 0 radical (unpaired) electrons. The topological polar surface area (TPSA) is 108 Å². The second-order valence-corrected chi connectivity index (χ2v) is 11.2. The van der Waals surface area contributed by atoms with Gasteiger partial charge in [0, 0.05) is 4.88 Å². The SMILES string of the molecule is CC1([C@H](NC(=O)c2cc(-c3ccccc3)sc2NC(=O)Nc2c(Cl)cccc2Cl)C(=O)O)CCCCC1. The van der Waals surface area contributed by atoms with Crippen molar-refractivity contribution < 1.29 is 19.5 Å². The molecule has 1 fully saturated rings. The van der Waals surface area contributed by atoms with Gasteiger partial charge >= 0.3 is 12.0 Å². The van der Waals surface area contributed by atoms with Crippen molar-refractivity contribution in [3.63, 3.8) is 0 Å². The van der Waals surface area contributed by atoms with Crippen molar-refractivity contribution in [1.82, 2.24) is 5.32 Å². The number of rotatable bonds is 7. The minimum atomic E-state index is -1.07. The van der Waals surface area contributed by atoms with E-state index in [0.29, 0.717) is 0 Å². The summed E-state index contributed by atoms with van der Waals surface area (Å²) < 4.78 is 0. The zero-order valence-electron chi connectivity index (χ0n) is 20.1. The minimum absolute atomic E-state index is 0.176. The van der Waals surface area contributed by atoms with Crippen molar-refractivity contribution in [3.05, 3.63) is 70.2 Å². The van der Waals surface area contributed by atoms with Gasteiger partial charge in [0.15, 0.2) is 0 Å². The smallest absolute Gasteiger partial charge is 0.326 e. The summed E-state index contributed by atoms with van der Waals surface area (Å²) >= 11 is 13.6. The summed E-state index contributed by atoms with van der Waals surface area (Å²) in [4.78, 5) is 39.3. The number of halogens is 2. The standard InChI is InChI=1S/C27H27Cl2N3O4S/c1-27(13-6-3-7-14-27)22(25(34)35)31-23(33)17-15-20(16-9-4-2-5-10-16)37-24(17)32-26(36)30-21-18(28)11-8-12-19(21)29/h2,4-5,8-12,15,22H,3,6-7,13-14H2,1H3,(H,31,33)(H,34,35)(H2,30,32,36)/t22-/m1/s1. The number of carbonyl (C=O) groups excluding carboxylic acids is 2. The number of carboxylic acids is 1. The van der Waals surface area contributed by atoms with E-state index in [-0.39, 0.29) is 26.3 Å². The number of nitrogens with one attached hydrogen (secondary N) is 3. The molecular weight excluding hydrogens is 533 g/mol. The number of carbonyl (C=O) groups is 3. The number of hydrogen-bond donors (Lipinski definition) is 4. The number of urea groups is 1. The number of aliphatic carboxylic acids is 1. The lowest BCUT2D eigenvalue weighted by molar-refractivity contribution is -0.143. The molecule has 0 aliphatic heterocycles. The van der Waals surface area contributed by atoms with Crippen LogP contribution in [0.1, 0.15) is 49.4 Å². The second kappa shape index (κ2) is 11.5. The van der Waals surface area contributed by atoms with Gasteiger partial charge in [-0.15, -0.1) is 11.3 Å². The predicted octanol–water partition coefficient (Wildman–Crippen LogP) is 7.52. The first-order valence-electron chi connectivity index (χ1n) is 11.9. The molecule has 3 aromatic rings. The quantitative estimate of drug-likeness (QED) is 0.240. The van der Waals surface area contributed by atoms with E-state index >= 15 is 0 Å². The first kappa shape index (κ1) is 27.0. The fourth-order valence-electron chi connectivity index (χ4n) is 4.65. The Morgan fingerprint density at radius 2 is 1.59 bits per heavy atom. The third kappa shape index (κ3) is 6.26. The molecule has 1 saturated carbocycles. The largest absolute Gasteiger partial charge is 0.480 e. The van der Waals surface area contributed by atoms with Crippen LogP contribution in [-0.2, 0) is 4.79 Å². The molecule has 7 nitrogen and oxygen atoms in total. The van der Waals surface area contributed by atoms with E-state index in [9.17, 15) is 19.5 Å². The highest BCUT2D eigenvalue weighted by Gasteiger charge is 2.41. The lowest BCUT2D eigenvalue weighted by Crippen LogP contribution is -2.52. The van der Waals surface area contributed by atoms with E-state index in [2.05, 4.69) is 16.0 Å². The first-order chi connectivity index (χ1) is 17.7. The minimum Gasteiger partial charge on any atom is -0.480 e. The molecule has 0 unspecified atom stereocenters. The molecule has 1 heterocycles. The molecule has 1 aromatic heterocycles. The summed E-state index contributed by atoms with van der Waals surface area (Å²) in [5.74, 6) is -1.64. The van der Waals surface area contributed by atoms with E-state index in [0.717, 1.165) is 42.5 Å². The van der Waals surface area contributed by atoms with Crippen molar-refractivity contribution in [1.29, 1.82) is 0 Å². The molecule has 4 rings (SSSR count). The summed E-state index contributed by atoms with van der Waals surface area (Å²) in [6.45, 7) is 1.91. The van der Waals surface area contributed by atoms with E-state index in [4.69, 9.17) is 23.2 Å². The number of benzene rings is 2. The maximum absolute atomic E-state index is 13.5. The van der Waals surface area contributed by atoms with Crippen LogP contribution in [0.25, 0.3) is 10.4 Å². The number of thiophene rings is 1. The van der Waals surface area contributed by atoms with Crippen molar-refractivity contribution in [2.24, 2.45) is 5.41 Å². The van der Waals surface area contributed by atoms with Gasteiger partial charge in [-0.1, -0.05) is 85.8 Å². The highest BCUT2D eigenvalue weighted by Crippen LogP contribution is 2.40. The Kier molecular flexibility index (Phi) is 8.42. The van der Waals surface area contributed by atoms with Crippen LogP contribution in [0.2, 0.25) is 10.0 Å². The van der Waals surface area contributed by atoms with Crippen LogP contribution in [0.4, 0.5) is 15.5 Å². The molecule has 10 heteroatoms. The highest BCUT2D eigenvalue weighted by molar-refractivity contribution is 7.20. The molecule has 0 bridgehead atoms. The van der Waals surface area contributed by atoms with Gasteiger partial charge < -0.3 is 15.7 Å². The van der Waals surface area contributed by atoms with E-state index in [1.165, 1.54) is 11.3 Å². The van der Waals surface area contributed by atoms with Crippen LogP contribution < -0.4 is 16.0 Å². The van der Waals surface area contributed by atoms with Crippen LogP contribution in [0.3, 0.4) is 0 Å². The second-order valence-electron chi connectivity index (χ2n) is 9.35. The molecule has 1 aliphatic carbocycles. The van der Waals surface area contributed by atoms with Gasteiger partial charge in [-0.2, -0.15) is 0 Å². The van der Waals surface area contributed by atoms with Crippen LogP contribution in [-0.4, -0.2) is 29.1 Å². The van der Waals surface area contributed by atoms with Crippen molar-refractivity contribution in [3.8, 4) is 10.4 Å². The Balaban J connectivity index is 1.63. The van der Waals surface area contributed by atoms with Crippen LogP contribution in [0.5, 0.6) is 0 Å². The predicted molar refractivity (Wildman–Crippen MR) is 149 cm³/mol. The monoisotopic (exact) mass is 559 g/mol. The molecule has 1 aliphatic rings. The Morgan fingerprint density at radius 3 is 2.22 bits per heavy atom. The number of anilines is 2. The van der Waals surface area contributed by atoms with Gasteiger partial charge in [-0.3, -0.25) is 10.1 Å². The molecule has 194 valence electrons. The number of amides is 3. The van der Waals surface area contributed by atoms with Crippen LogP contribution in [0.15, 0.2) is 54.6 Å². The maximum Gasteiger partial charge on any atom is 0.326 e. The van der Waals surface area contributed by atoms with E-state index in [1.54, 1.807) is 24.3 Å². The first-order valence-corrected chi connectivity index (χ1v) is 13.5. The zero-order chi connectivity index (χ0) is 26.6. The van der Waals surface area contributed by atoms with Gasteiger partial charge in [-0.05, 0) is 42.0 Å². The van der Waals surface area contributed by atoms with Crippen molar-refractivity contribution in [2.75, 3.05) is 10.6 Å². The normalized spacial score (nSPS) is 15.4. The molecular formula is C27H27Cl2N3O4S. The Morgan fingerprint density at radius 1 is 0.946 bits per heavy atom. The molecule has 3 amide bonds.